The summed E-state index contributed by atoms with van der Waals surface area (Å²) in [7, 11) is 1.72. The molecule has 2 heterocycles. The Morgan fingerprint density at radius 2 is 2.26 bits per heavy atom. The second kappa shape index (κ2) is 7.03. The number of rotatable bonds is 7. The highest BCUT2D eigenvalue weighted by Gasteiger charge is 2.28. The van der Waals surface area contributed by atoms with Crippen molar-refractivity contribution in [2.45, 2.75) is 32.9 Å². The predicted molar refractivity (Wildman–Crippen MR) is 74.0 cm³/mol. The molecule has 0 radical (unpaired) electrons. The maximum atomic E-state index is 5.46. The molecule has 1 N–H and O–H groups in total. The van der Waals surface area contributed by atoms with E-state index < -0.39 is 0 Å². The average Bonchev–Trinajstić information content (AvgIpc) is 2.82. The summed E-state index contributed by atoms with van der Waals surface area (Å²) in [6.45, 7) is 7.58. The number of hydrogen-bond acceptors (Lipinski definition) is 4. The smallest absolute Gasteiger partial charge is 0.0948 e. The molecule has 0 unspecified atom stereocenters. The summed E-state index contributed by atoms with van der Waals surface area (Å²) >= 11 is 0. The highest BCUT2D eigenvalue weighted by Crippen LogP contribution is 2.31. The van der Waals surface area contributed by atoms with E-state index >= 15 is 0 Å². The number of methoxy groups -OCH3 is 1. The zero-order valence-corrected chi connectivity index (χ0v) is 12.0. The molecule has 5 nitrogen and oxygen atoms in total. The van der Waals surface area contributed by atoms with E-state index in [1.165, 1.54) is 5.69 Å². The van der Waals surface area contributed by atoms with Crippen LogP contribution >= 0.6 is 0 Å². The first-order valence-electron chi connectivity index (χ1n) is 7.00. The molecule has 1 fully saturated rings. The van der Waals surface area contributed by atoms with Crippen molar-refractivity contribution in [3.05, 3.63) is 18.2 Å². The maximum absolute atomic E-state index is 5.46. The van der Waals surface area contributed by atoms with E-state index in [1.807, 2.05) is 12.5 Å². The average molecular weight is 267 g/mol. The monoisotopic (exact) mass is 267 g/mol. The van der Waals surface area contributed by atoms with Crippen LogP contribution in [0.4, 0.5) is 0 Å². The first-order chi connectivity index (χ1) is 9.23. The molecule has 1 aromatic heterocycles. The molecule has 0 bridgehead atoms. The van der Waals surface area contributed by atoms with Gasteiger partial charge < -0.3 is 19.4 Å². The number of nitrogens with zero attached hydrogens (tertiary/aromatic N) is 2. The van der Waals surface area contributed by atoms with E-state index in [-0.39, 0.29) is 0 Å². The molecule has 1 aliphatic rings. The largest absolute Gasteiger partial charge is 0.383 e. The normalized spacial score (nSPS) is 18.6. The Morgan fingerprint density at radius 1 is 1.47 bits per heavy atom. The lowest BCUT2D eigenvalue weighted by molar-refractivity contribution is 0.0151. The van der Waals surface area contributed by atoms with Crippen LogP contribution in [0.5, 0.6) is 0 Å². The lowest BCUT2D eigenvalue weighted by Crippen LogP contribution is -2.32. The number of aromatic nitrogens is 2. The molecule has 0 spiro atoms. The van der Waals surface area contributed by atoms with Crippen molar-refractivity contribution >= 4 is 0 Å². The molecule has 1 saturated heterocycles. The fourth-order valence-electron chi connectivity index (χ4n) is 2.46. The maximum Gasteiger partial charge on any atom is 0.0948 e. The molecule has 0 atom stereocenters. The van der Waals surface area contributed by atoms with Gasteiger partial charge in [-0.15, -0.1) is 0 Å². The molecule has 0 amide bonds. The molecular weight excluding hydrogens is 242 g/mol. The van der Waals surface area contributed by atoms with Crippen LogP contribution in [-0.2, 0) is 22.6 Å². The number of hydrogen-bond donors (Lipinski definition) is 1. The Balaban J connectivity index is 1.87. The number of ether oxygens (including phenoxy) is 2. The summed E-state index contributed by atoms with van der Waals surface area (Å²) in [5, 5.41) is 3.37. The van der Waals surface area contributed by atoms with Gasteiger partial charge in [-0.2, -0.15) is 0 Å². The van der Waals surface area contributed by atoms with Gasteiger partial charge in [-0.25, -0.2) is 4.98 Å². The Bertz CT molecular complexity index is 373. The van der Waals surface area contributed by atoms with Crippen molar-refractivity contribution in [3.8, 4) is 0 Å². The van der Waals surface area contributed by atoms with Crippen LogP contribution in [0.25, 0.3) is 0 Å². The molecule has 108 valence electrons. The zero-order chi connectivity index (χ0) is 13.6. The Kier molecular flexibility index (Phi) is 5.36. The van der Waals surface area contributed by atoms with Gasteiger partial charge in [-0.05, 0) is 18.3 Å². The minimum Gasteiger partial charge on any atom is -0.383 e. The topological polar surface area (TPSA) is 48.3 Å². The lowest BCUT2D eigenvalue weighted by Gasteiger charge is -2.34. The summed E-state index contributed by atoms with van der Waals surface area (Å²) in [6, 6.07) is 0. The van der Waals surface area contributed by atoms with E-state index in [9.17, 15) is 0 Å². The van der Waals surface area contributed by atoms with Crippen LogP contribution in [-0.4, -0.2) is 43.0 Å². The molecule has 1 aliphatic heterocycles. The van der Waals surface area contributed by atoms with Gasteiger partial charge in [-0.3, -0.25) is 0 Å². The van der Waals surface area contributed by atoms with Crippen molar-refractivity contribution in [1.29, 1.82) is 0 Å². The van der Waals surface area contributed by atoms with Gasteiger partial charge in [-0.1, -0.05) is 6.92 Å². The first-order valence-corrected chi connectivity index (χ1v) is 7.00. The summed E-state index contributed by atoms with van der Waals surface area (Å²) < 4.78 is 12.8. The van der Waals surface area contributed by atoms with Crippen molar-refractivity contribution in [2.75, 3.05) is 33.5 Å². The van der Waals surface area contributed by atoms with E-state index in [2.05, 4.69) is 21.8 Å². The number of imidazole rings is 1. The fraction of sp³-hybridized carbons (Fsp3) is 0.786. The van der Waals surface area contributed by atoms with Gasteiger partial charge >= 0.3 is 0 Å². The van der Waals surface area contributed by atoms with Crippen molar-refractivity contribution in [1.82, 2.24) is 14.9 Å². The molecule has 0 saturated carbocycles. The molecule has 19 heavy (non-hydrogen) atoms. The third-order valence-electron chi connectivity index (χ3n) is 3.84. The Hall–Kier alpha value is -0.910. The Morgan fingerprint density at radius 3 is 3.00 bits per heavy atom. The SMILES string of the molecule is COCCNCc1cncn1CC1(C)CCOCC1. The summed E-state index contributed by atoms with van der Waals surface area (Å²) in [5.74, 6) is 0. The minimum absolute atomic E-state index is 0.334. The van der Waals surface area contributed by atoms with Crippen LogP contribution in [0.3, 0.4) is 0 Å². The third-order valence-corrected chi connectivity index (χ3v) is 3.84. The van der Waals surface area contributed by atoms with Crippen molar-refractivity contribution in [3.63, 3.8) is 0 Å². The van der Waals surface area contributed by atoms with E-state index in [0.29, 0.717) is 5.41 Å². The lowest BCUT2D eigenvalue weighted by atomic mass is 9.82. The molecule has 2 rings (SSSR count). The van der Waals surface area contributed by atoms with Gasteiger partial charge in [0, 0.05) is 46.2 Å². The summed E-state index contributed by atoms with van der Waals surface area (Å²) in [6.07, 6.45) is 6.14. The van der Waals surface area contributed by atoms with Crippen LogP contribution < -0.4 is 5.32 Å². The van der Waals surface area contributed by atoms with E-state index in [4.69, 9.17) is 9.47 Å². The molecular formula is C14H25N3O2. The minimum atomic E-state index is 0.334. The van der Waals surface area contributed by atoms with Crippen LogP contribution in [0.1, 0.15) is 25.5 Å². The first kappa shape index (κ1) is 14.5. The van der Waals surface area contributed by atoms with Crippen molar-refractivity contribution in [2.24, 2.45) is 5.41 Å². The van der Waals surface area contributed by atoms with Crippen LogP contribution in [0.2, 0.25) is 0 Å². The van der Waals surface area contributed by atoms with E-state index in [0.717, 1.165) is 52.3 Å². The highest BCUT2D eigenvalue weighted by molar-refractivity contribution is 4.99. The van der Waals surface area contributed by atoms with Gasteiger partial charge in [0.1, 0.15) is 0 Å². The highest BCUT2D eigenvalue weighted by atomic mass is 16.5. The second-order valence-electron chi connectivity index (χ2n) is 5.61. The quantitative estimate of drug-likeness (QED) is 0.759. The summed E-state index contributed by atoms with van der Waals surface area (Å²) in [4.78, 5) is 4.28. The molecule has 0 aliphatic carbocycles. The molecule has 5 heteroatoms. The predicted octanol–water partition coefficient (Wildman–Crippen LogP) is 1.44. The molecule has 1 aromatic rings. The zero-order valence-electron chi connectivity index (χ0n) is 12.0. The summed E-state index contributed by atoms with van der Waals surface area (Å²) in [5.41, 5.74) is 1.57. The van der Waals surface area contributed by atoms with Gasteiger partial charge in [0.15, 0.2) is 0 Å². The standard InChI is InChI=1S/C14H25N3O2/c1-14(3-6-19-7-4-14)11-17-12-16-10-13(17)9-15-5-8-18-2/h10,12,15H,3-9,11H2,1-2H3. The Labute approximate surface area is 115 Å². The van der Waals surface area contributed by atoms with Crippen LogP contribution in [0.15, 0.2) is 12.5 Å². The van der Waals surface area contributed by atoms with Gasteiger partial charge in [0.05, 0.1) is 18.6 Å². The third kappa shape index (κ3) is 4.30. The van der Waals surface area contributed by atoms with E-state index in [1.54, 1.807) is 7.11 Å². The van der Waals surface area contributed by atoms with Crippen LogP contribution in [0, 0.1) is 5.41 Å². The second-order valence-corrected chi connectivity index (χ2v) is 5.61. The molecule has 0 aromatic carbocycles. The van der Waals surface area contributed by atoms with Gasteiger partial charge in [0.25, 0.3) is 0 Å². The van der Waals surface area contributed by atoms with Gasteiger partial charge in [0.2, 0.25) is 0 Å². The fourth-order valence-corrected chi connectivity index (χ4v) is 2.46. The van der Waals surface area contributed by atoms with Crippen molar-refractivity contribution < 1.29 is 9.47 Å². The number of nitrogens with one attached hydrogen (secondary N) is 1.